The maximum atomic E-state index is 12.0. The Morgan fingerprint density at radius 3 is 3.00 bits per heavy atom. The molecule has 4 heterocycles. The van der Waals surface area contributed by atoms with Gasteiger partial charge in [-0.1, -0.05) is 6.07 Å². The van der Waals surface area contributed by atoms with Crippen molar-refractivity contribution in [1.29, 1.82) is 0 Å². The number of β-lactam (4-membered cyclic amide) rings is 1. The first kappa shape index (κ1) is 20.1. The predicted octanol–water partition coefficient (Wildman–Crippen LogP) is 2.67. The summed E-state index contributed by atoms with van der Waals surface area (Å²) in [5.41, 5.74) is 8.81. The second kappa shape index (κ2) is 8.00. The molecule has 2 aliphatic rings. The van der Waals surface area contributed by atoms with Gasteiger partial charge < -0.3 is 15.4 Å². The summed E-state index contributed by atoms with van der Waals surface area (Å²) in [5, 5.41) is 0. The molecule has 8 heteroatoms. The van der Waals surface area contributed by atoms with Crippen molar-refractivity contribution in [3.63, 3.8) is 0 Å². The summed E-state index contributed by atoms with van der Waals surface area (Å²) in [4.78, 5) is 34.6. The summed E-state index contributed by atoms with van der Waals surface area (Å²) in [6.45, 7) is 0.971. The monoisotopic (exact) mass is 429 g/mol. The molecule has 0 spiro atoms. The first-order valence-electron chi connectivity index (χ1n) is 10.7. The number of fused-ring (bicyclic) bond motifs is 2. The average molecular weight is 429 g/mol. The molecule has 0 radical (unpaired) electrons. The van der Waals surface area contributed by atoms with Crippen LogP contribution in [0.15, 0.2) is 30.6 Å². The molecule has 0 bridgehead atoms. The number of hydrogen-bond acceptors (Lipinski definition) is 6. The third kappa shape index (κ3) is 3.26. The van der Waals surface area contributed by atoms with Crippen LogP contribution in [0.1, 0.15) is 47.8 Å². The van der Waals surface area contributed by atoms with Crippen molar-refractivity contribution in [2.45, 2.75) is 37.6 Å². The standard InChI is InChI=1S/C24H23N5O3/c1-2-3-10-32-19-11-15(14-30)4-7-18(19)21-22-23(25)26-8-9-28(22)24(27-21)16-5-6-17-12-20(31)29(17)13-16/h1,4,7-9,11,14,16-17H,3,5-6,10,12-13H2,(H2,25,26). The summed E-state index contributed by atoms with van der Waals surface area (Å²) in [5.74, 6) is 4.56. The van der Waals surface area contributed by atoms with Gasteiger partial charge in [0.05, 0.1) is 6.61 Å². The fourth-order valence-corrected chi connectivity index (χ4v) is 4.67. The van der Waals surface area contributed by atoms with Crippen LogP contribution < -0.4 is 10.5 Å². The van der Waals surface area contributed by atoms with Crippen LogP contribution in [0.3, 0.4) is 0 Å². The third-order valence-electron chi connectivity index (χ3n) is 6.31. The number of imidazole rings is 1. The van der Waals surface area contributed by atoms with E-state index in [2.05, 4.69) is 10.9 Å². The topological polar surface area (TPSA) is 103 Å². The van der Waals surface area contributed by atoms with Gasteiger partial charge >= 0.3 is 0 Å². The predicted molar refractivity (Wildman–Crippen MR) is 119 cm³/mol. The van der Waals surface area contributed by atoms with E-state index in [9.17, 15) is 9.59 Å². The Bertz CT molecular complexity index is 1260. The lowest BCUT2D eigenvalue weighted by molar-refractivity contribution is -0.149. The largest absolute Gasteiger partial charge is 0.492 e. The zero-order valence-electron chi connectivity index (χ0n) is 17.5. The molecule has 2 N–H and O–H groups in total. The number of piperidine rings is 1. The Morgan fingerprint density at radius 2 is 2.22 bits per heavy atom. The number of carbonyl (C=O) groups is 2. The molecule has 0 saturated carbocycles. The fourth-order valence-electron chi connectivity index (χ4n) is 4.67. The number of nitrogen functional groups attached to an aromatic ring is 1. The number of rotatable bonds is 6. The van der Waals surface area contributed by atoms with Gasteiger partial charge in [-0.05, 0) is 25.0 Å². The molecule has 2 unspecified atom stereocenters. The van der Waals surface area contributed by atoms with Crippen molar-refractivity contribution in [3.8, 4) is 29.4 Å². The number of anilines is 1. The van der Waals surface area contributed by atoms with Crippen LogP contribution in [0.25, 0.3) is 16.8 Å². The first-order chi connectivity index (χ1) is 15.6. The van der Waals surface area contributed by atoms with Gasteiger partial charge in [0, 0.05) is 54.9 Å². The summed E-state index contributed by atoms with van der Waals surface area (Å²) in [6.07, 6.45) is 12.6. The van der Waals surface area contributed by atoms with Gasteiger partial charge in [0.2, 0.25) is 5.91 Å². The molecule has 5 rings (SSSR count). The van der Waals surface area contributed by atoms with Gasteiger partial charge in [-0.15, -0.1) is 12.3 Å². The molecule has 2 aromatic heterocycles. The highest BCUT2D eigenvalue weighted by Gasteiger charge is 2.42. The Kier molecular flexibility index (Phi) is 5.02. The number of amides is 1. The van der Waals surface area contributed by atoms with Crippen molar-refractivity contribution < 1.29 is 14.3 Å². The number of terminal acetylenes is 1. The fraction of sp³-hybridized carbons (Fsp3) is 0.333. The molecule has 2 aliphatic heterocycles. The zero-order chi connectivity index (χ0) is 22.2. The Balaban J connectivity index is 1.62. The van der Waals surface area contributed by atoms with Gasteiger partial charge in [0.1, 0.15) is 34.9 Å². The van der Waals surface area contributed by atoms with Crippen molar-refractivity contribution in [3.05, 3.63) is 42.0 Å². The smallest absolute Gasteiger partial charge is 0.224 e. The van der Waals surface area contributed by atoms with Crippen LogP contribution in [0.5, 0.6) is 5.75 Å². The van der Waals surface area contributed by atoms with E-state index in [-0.39, 0.29) is 11.8 Å². The van der Waals surface area contributed by atoms with E-state index < -0.39 is 0 Å². The number of ether oxygens (including phenoxy) is 1. The molecule has 2 saturated heterocycles. The van der Waals surface area contributed by atoms with Gasteiger partial charge in [0.15, 0.2) is 0 Å². The van der Waals surface area contributed by atoms with Crippen molar-refractivity contribution in [2.24, 2.45) is 0 Å². The maximum Gasteiger partial charge on any atom is 0.224 e. The number of nitrogens with two attached hydrogens (primary N) is 1. The average Bonchev–Trinajstić information content (AvgIpc) is 3.19. The highest BCUT2D eigenvalue weighted by molar-refractivity contribution is 5.89. The van der Waals surface area contributed by atoms with Crippen LogP contribution in [-0.4, -0.2) is 50.7 Å². The van der Waals surface area contributed by atoms with Crippen molar-refractivity contribution in [2.75, 3.05) is 18.9 Å². The Morgan fingerprint density at radius 1 is 1.34 bits per heavy atom. The van der Waals surface area contributed by atoms with E-state index in [0.29, 0.717) is 65.9 Å². The second-order valence-corrected chi connectivity index (χ2v) is 8.20. The van der Waals surface area contributed by atoms with E-state index >= 15 is 0 Å². The molecule has 3 aromatic rings. The molecule has 0 aliphatic carbocycles. The Hall–Kier alpha value is -3.86. The highest BCUT2D eigenvalue weighted by atomic mass is 16.5. The summed E-state index contributed by atoms with van der Waals surface area (Å²) >= 11 is 0. The first-order valence-corrected chi connectivity index (χ1v) is 10.7. The number of aromatic nitrogens is 3. The molecule has 32 heavy (non-hydrogen) atoms. The van der Waals surface area contributed by atoms with Gasteiger partial charge in [0.25, 0.3) is 0 Å². The van der Waals surface area contributed by atoms with Crippen molar-refractivity contribution >= 4 is 23.5 Å². The second-order valence-electron chi connectivity index (χ2n) is 8.20. The SMILES string of the molecule is C#CCCOc1cc(C=O)ccc1-c1nc(C2CCC3CC(=O)N3C2)n2ccnc(N)c12. The van der Waals surface area contributed by atoms with E-state index in [1.807, 2.05) is 21.6 Å². The lowest BCUT2D eigenvalue weighted by atomic mass is 9.85. The van der Waals surface area contributed by atoms with Crippen LogP contribution in [0.2, 0.25) is 0 Å². The zero-order valence-corrected chi connectivity index (χ0v) is 17.5. The van der Waals surface area contributed by atoms with E-state index in [1.54, 1.807) is 18.3 Å². The highest BCUT2D eigenvalue weighted by Crippen LogP contribution is 2.40. The molecular weight excluding hydrogens is 406 g/mol. The lowest BCUT2D eigenvalue weighted by Gasteiger charge is -2.46. The van der Waals surface area contributed by atoms with Crippen LogP contribution in [0, 0.1) is 12.3 Å². The maximum absolute atomic E-state index is 12.0. The number of nitrogens with zero attached hydrogens (tertiary/aromatic N) is 4. The molecular formula is C24H23N5O3. The molecule has 1 amide bonds. The minimum absolute atomic E-state index is 0.0959. The lowest BCUT2D eigenvalue weighted by Crippen LogP contribution is -2.56. The quantitative estimate of drug-likeness (QED) is 0.280. The van der Waals surface area contributed by atoms with E-state index in [4.69, 9.17) is 21.9 Å². The molecule has 2 atom stereocenters. The Labute approximate surface area is 185 Å². The normalized spacial score (nSPS) is 19.8. The van der Waals surface area contributed by atoms with Gasteiger partial charge in [-0.25, -0.2) is 9.97 Å². The number of benzene rings is 1. The molecule has 1 aromatic carbocycles. The van der Waals surface area contributed by atoms with Crippen molar-refractivity contribution in [1.82, 2.24) is 19.3 Å². The van der Waals surface area contributed by atoms with E-state index in [0.717, 1.165) is 25.0 Å². The van der Waals surface area contributed by atoms with Crippen LogP contribution >= 0.6 is 0 Å². The summed E-state index contributed by atoms with van der Waals surface area (Å²) < 4.78 is 7.87. The summed E-state index contributed by atoms with van der Waals surface area (Å²) in [7, 11) is 0. The van der Waals surface area contributed by atoms with E-state index in [1.165, 1.54) is 0 Å². The molecule has 2 fully saturated rings. The molecule has 8 nitrogen and oxygen atoms in total. The van der Waals surface area contributed by atoms with Crippen LogP contribution in [-0.2, 0) is 4.79 Å². The van der Waals surface area contributed by atoms with Crippen LogP contribution in [0.4, 0.5) is 5.82 Å². The summed E-state index contributed by atoms with van der Waals surface area (Å²) in [6, 6.07) is 5.57. The van der Waals surface area contributed by atoms with Gasteiger partial charge in [-0.2, -0.15) is 0 Å². The number of aldehydes is 1. The minimum Gasteiger partial charge on any atom is -0.492 e. The van der Waals surface area contributed by atoms with Gasteiger partial charge in [-0.3, -0.25) is 14.0 Å². The minimum atomic E-state index is 0.0959. The molecule has 162 valence electrons. The number of hydrogen-bond donors (Lipinski definition) is 1. The third-order valence-corrected chi connectivity index (χ3v) is 6.31. The number of carbonyl (C=O) groups excluding carboxylic acids is 2.